The second-order valence-corrected chi connectivity index (χ2v) is 10.0. The van der Waals surface area contributed by atoms with Gasteiger partial charge in [0, 0.05) is 11.5 Å². The van der Waals surface area contributed by atoms with Crippen molar-refractivity contribution in [3.63, 3.8) is 0 Å². The summed E-state index contributed by atoms with van der Waals surface area (Å²) in [6.45, 7) is 2.00. The lowest BCUT2D eigenvalue weighted by atomic mass is 9.56. The van der Waals surface area contributed by atoms with Gasteiger partial charge in [0.1, 0.15) is 17.4 Å². The van der Waals surface area contributed by atoms with E-state index in [1.165, 1.54) is 6.07 Å². The quantitative estimate of drug-likeness (QED) is 0.326. The van der Waals surface area contributed by atoms with Crippen LogP contribution in [0.2, 0.25) is 0 Å². The fourth-order valence-corrected chi connectivity index (χ4v) is 5.97. The summed E-state index contributed by atoms with van der Waals surface area (Å²) in [6, 6.07) is 11.1. The van der Waals surface area contributed by atoms with Crippen molar-refractivity contribution in [2.45, 2.75) is 37.9 Å². The van der Waals surface area contributed by atoms with Crippen LogP contribution in [0, 0.1) is 24.7 Å². The van der Waals surface area contributed by atoms with E-state index in [1.54, 1.807) is 6.07 Å². The van der Waals surface area contributed by atoms with Crippen LogP contribution in [0.1, 0.15) is 40.7 Å². The second kappa shape index (κ2) is 8.43. The molecule has 2 aromatic rings. The fraction of sp³-hybridized carbons (Fsp3) is 0.321. The smallest absolute Gasteiger partial charge is 0.230 e. The number of aryl methyl sites for hydroxylation is 1. The molecule has 0 aromatic heterocycles. The molecule has 3 aliphatic rings. The monoisotopic (exact) mass is 489 g/mol. The van der Waals surface area contributed by atoms with Gasteiger partial charge in [0.05, 0.1) is 11.7 Å². The summed E-state index contributed by atoms with van der Waals surface area (Å²) in [5.41, 5.74) is 6.11. The number of phenols is 1. The summed E-state index contributed by atoms with van der Waals surface area (Å²) in [4.78, 5) is 38.4. The van der Waals surface area contributed by atoms with Gasteiger partial charge in [-0.2, -0.15) is 0 Å². The predicted octanol–water partition coefficient (Wildman–Crippen LogP) is 2.07. The number of primary amides is 1. The molecule has 2 aromatic carbocycles. The lowest BCUT2D eigenvalue weighted by Crippen LogP contribution is -2.66. The number of aromatic hydroxyl groups is 1. The Morgan fingerprint density at radius 3 is 2.42 bits per heavy atom. The van der Waals surface area contributed by atoms with Gasteiger partial charge in [-0.3, -0.25) is 14.4 Å². The second-order valence-electron chi connectivity index (χ2n) is 10.0. The number of rotatable bonds is 3. The molecule has 8 nitrogen and oxygen atoms in total. The number of amides is 1. The van der Waals surface area contributed by atoms with Crippen LogP contribution < -0.4 is 5.73 Å². The highest BCUT2D eigenvalue weighted by Gasteiger charge is 2.63. The lowest BCUT2D eigenvalue weighted by Gasteiger charge is -2.48. The van der Waals surface area contributed by atoms with E-state index in [4.69, 9.17) is 5.73 Å². The van der Waals surface area contributed by atoms with Gasteiger partial charge < -0.3 is 26.2 Å². The Hall–Kier alpha value is -3.75. The highest BCUT2D eigenvalue weighted by Crippen LogP contribution is 2.51. The largest absolute Gasteiger partial charge is 0.507 e. The van der Waals surface area contributed by atoms with Gasteiger partial charge in [0.15, 0.2) is 11.4 Å². The number of hydrogen-bond donors (Lipinski definition) is 5. The summed E-state index contributed by atoms with van der Waals surface area (Å²) >= 11 is 0. The van der Waals surface area contributed by atoms with Crippen molar-refractivity contribution in [1.29, 1.82) is 0 Å². The minimum absolute atomic E-state index is 0.0810. The first-order valence-corrected chi connectivity index (χ1v) is 11.9. The first-order chi connectivity index (χ1) is 17.0. The molecule has 2 unspecified atom stereocenters. The molecule has 0 aliphatic heterocycles. The number of ketones is 2. The van der Waals surface area contributed by atoms with E-state index in [1.807, 2.05) is 43.3 Å². The molecule has 36 heavy (non-hydrogen) atoms. The molecule has 0 bridgehead atoms. The van der Waals surface area contributed by atoms with Crippen molar-refractivity contribution in [2.75, 3.05) is 0 Å². The van der Waals surface area contributed by atoms with E-state index in [0.29, 0.717) is 5.56 Å². The van der Waals surface area contributed by atoms with Crippen molar-refractivity contribution < 1.29 is 34.8 Å². The third kappa shape index (κ3) is 3.48. The maximum atomic E-state index is 13.5. The average molecular weight is 490 g/mol. The SMILES string of the molecule is Cc1ccc(/C=C/c2ccc(O)c3c2C[C@H]2C[C@H]4CC(O)C(C(N)=O)C(=O)[C@@]4(O)C(=O)C2=C3O)cc1. The molecule has 186 valence electrons. The number of nitrogens with two attached hydrogens (primary N) is 1. The van der Waals surface area contributed by atoms with E-state index in [2.05, 4.69) is 0 Å². The van der Waals surface area contributed by atoms with Crippen molar-refractivity contribution in [2.24, 2.45) is 23.5 Å². The summed E-state index contributed by atoms with van der Waals surface area (Å²) in [6.07, 6.45) is 2.63. The van der Waals surface area contributed by atoms with Gasteiger partial charge in [0.2, 0.25) is 11.7 Å². The Kier molecular flexibility index (Phi) is 5.61. The molecule has 3 aliphatic carbocycles. The number of aliphatic hydroxyl groups excluding tert-OH is 2. The molecule has 0 heterocycles. The third-order valence-corrected chi connectivity index (χ3v) is 7.84. The van der Waals surface area contributed by atoms with Crippen LogP contribution in [0.3, 0.4) is 0 Å². The van der Waals surface area contributed by atoms with Crippen LogP contribution in [0.15, 0.2) is 42.0 Å². The van der Waals surface area contributed by atoms with Crippen LogP contribution in [0.5, 0.6) is 5.75 Å². The maximum absolute atomic E-state index is 13.5. The number of phenolic OH excluding ortho intramolecular Hbond substituents is 1. The highest BCUT2D eigenvalue weighted by atomic mass is 16.3. The van der Waals surface area contributed by atoms with E-state index in [9.17, 15) is 34.8 Å². The Balaban J connectivity index is 1.59. The first-order valence-electron chi connectivity index (χ1n) is 11.9. The molecular formula is C28H27NO7. The zero-order chi connectivity index (χ0) is 25.9. The molecule has 2 saturated carbocycles. The zero-order valence-corrected chi connectivity index (χ0v) is 19.6. The molecule has 5 atom stereocenters. The van der Waals surface area contributed by atoms with E-state index < -0.39 is 52.7 Å². The lowest BCUT2D eigenvalue weighted by molar-refractivity contribution is -0.174. The summed E-state index contributed by atoms with van der Waals surface area (Å²) < 4.78 is 0. The number of benzene rings is 2. The third-order valence-electron chi connectivity index (χ3n) is 7.84. The normalized spacial score (nSPS) is 29.6. The van der Waals surface area contributed by atoms with Gasteiger partial charge in [0.25, 0.3) is 0 Å². The van der Waals surface area contributed by atoms with Gasteiger partial charge in [-0.15, -0.1) is 0 Å². The standard InChI is InChI=1S/C28H27NO7/c1-13-2-4-14(5-3-13)6-7-15-8-9-19(30)22-18(15)11-16-10-17-12-20(31)23(27(29)35)26(34)28(17,36)25(33)21(16)24(22)32/h2-9,16-17,20,23,30-32,36H,10-12H2,1H3,(H2,29,35)/b7-6+/t16-,17+,20?,23?,28+/m1/s1. The van der Waals surface area contributed by atoms with Crippen molar-refractivity contribution in [1.82, 2.24) is 0 Å². The number of fused-ring (bicyclic) bond motifs is 3. The minimum atomic E-state index is -2.57. The topological polar surface area (TPSA) is 158 Å². The molecule has 6 N–H and O–H groups in total. The van der Waals surface area contributed by atoms with Crippen molar-refractivity contribution in [3.8, 4) is 5.75 Å². The molecule has 1 amide bonds. The molecule has 0 radical (unpaired) electrons. The fourth-order valence-electron chi connectivity index (χ4n) is 5.97. The highest BCUT2D eigenvalue weighted by molar-refractivity contribution is 6.24. The van der Waals surface area contributed by atoms with Gasteiger partial charge in [-0.25, -0.2) is 0 Å². The minimum Gasteiger partial charge on any atom is -0.507 e. The maximum Gasteiger partial charge on any atom is 0.230 e. The number of aliphatic hydroxyl groups is 3. The number of carbonyl (C=O) groups excluding carboxylic acids is 3. The van der Waals surface area contributed by atoms with E-state index >= 15 is 0 Å². The first kappa shape index (κ1) is 24.0. The van der Waals surface area contributed by atoms with Crippen LogP contribution in [-0.4, -0.2) is 49.6 Å². The molecule has 0 saturated heterocycles. The summed E-state index contributed by atoms with van der Waals surface area (Å²) in [5.74, 6) is -7.19. The van der Waals surface area contributed by atoms with Gasteiger partial charge >= 0.3 is 0 Å². The van der Waals surface area contributed by atoms with Gasteiger partial charge in [-0.1, -0.05) is 48.0 Å². The molecule has 5 rings (SSSR count). The Morgan fingerprint density at radius 1 is 1.06 bits per heavy atom. The zero-order valence-electron chi connectivity index (χ0n) is 19.6. The molecule has 8 heteroatoms. The van der Waals surface area contributed by atoms with Crippen LogP contribution in [0.4, 0.5) is 0 Å². The average Bonchev–Trinajstić information content (AvgIpc) is 2.81. The van der Waals surface area contributed by atoms with E-state index in [-0.39, 0.29) is 36.1 Å². The number of Topliss-reactive ketones (excluding diaryl/α,β-unsaturated/α-hetero) is 2. The molecule has 2 fully saturated rings. The number of hydrogen-bond acceptors (Lipinski definition) is 7. The summed E-state index contributed by atoms with van der Waals surface area (Å²) in [7, 11) is 0. The predicted molar refractivity (Wildman–Crippen MR) is 131 cm³/mol. The summed E-state index contributed by atoms with van der Waals surface area (Å²) in [5, 5.41) is 43.4. The Bertz CT molecular complexity index is 1360. The van der Waals surface area contributed by atoms with Crippen LogP contribution in [0.25, 0.3) is 17.9 Å². The number of carbonyl (C=O) groups is 3. The van der Waals surface area contributed by atoms with E-state index in [0.717, 1.165) is 16.7 Å². The van der Waals surface area contributed by atoms with Crippen molar-refractivity contribution >= 4 is 35.4 Å². The molecule has 0 spiro atoms. The molecular weight excluding hydrogens is 462 g/mol. The van der Waals surface area contributed by atoms with Gasteiger partial charge in [-0.05, 0) is 54.9 Å². The Labute approximate surface area is 207 Å². The Morgan fingerprint density at radius 2 is 1.75 bits per heavy atom. The van der Waals surface area contributed by atoms with Crippen molar-refractivity contribution in [3.05, 3.63) is 69.8 Å². The van der Waals surface area contributed by atoms with Crippen LogP contribution >= 0.6 is 0 Å². The van der Waals surface area contributed by atoms with Crippen LogP contribution in [-0.2, 0) is 20.8 Å².